The molecule has 0 saturated heterocycles. The average Bonchev–Trinajstić information content (AvgIpc) is 2.78. The van der Waals surface area contributed by atoms with Crippen LogP contribution in [-0.2, 0) is 0 Å². The van der Waals surface area contributed by atoms with Gasteiger partial charge in [-0.3, -0.25) is 4.79 Å². The molecule has 5 heteroatoms. The third kappa shape index (κ3) is 3.42. The fourth-order valence-corrected chi connectivity index (χ4v) is 3.17. The van der Waals surface area contributed by atoms with E-state index in [9.17, 15) is 4.79 Å². The van der Waals surface area contributed by atoms with E-state index in [2.05, 4.69) is 10.3 Å². The van der Waals surface area contributed by atoms with E-state index < -0.39 is 0 Å². The Hall–Kier alpha value is -1.88. The fourth-order valence-electron chi connectivity index (χ4n) is 2.26. The third-order valence-electron chi connectivity index (χ3n) is 3.37. The number of carbonyl (C=O) groups is 1. The standard InChI is InChI=1S/C16H20N2O2S/c1-9-6-7-13(8-14(9)20-5)16(19)17-10(2)15-11(3)21-12(4)18-15/h6-8,10H,1-5H3,(H,17,19)/t10-/m1/s1. The van der Waals surface area contributed by atoms with Crippen LogP contribution in [0, 0.1) is 20.8 Å². The van der Waals surface area contributed by atoms with E-state index in [4.69, 9.17) is 4.74 Å². The van der Waals surface area contributed by atoms with Crippen molar-refractivity contribution < 1.29 is 9.53 Å². The number of thiazole rings is 1. The molecule has 21 heavy (non-hydrogen) atoms. The predicted molar refractivity (Wildman–Crippen MR) is 85.2 cm³/mol. The molecule has 1 aromatic heterocycles. The number of amides is 1. The van der Waals surface area contributed by atoms with E-state index >= 15 is 0 Å². The van der Waals surface area contributed by atoms with E-state index in [0.29, 0.717) is 5.56 Å². The van der Waals surface area contributed by atoms with Gasteiger partial charge in [-0.2, -0.15) is 0 Å². The lowest BCUT2D eigenvalue weighted by atomic mass is 10.1. The Morgan fingerprint density at radius 2 is 2.05 bits per heavy atom. The minimum atomic E-state index is -0.120. The topological polar surface area (TPSA) is 51.2 Å². The molecule has 1 heterocycles. The number of hydrogen-bond donors (Lipinski definition) is 1. The molecular weight excluding hydrogens is 284 g/mol. The van der Waals surface area contributed by atoms with Crippen LogP contribution in [-0.4, -0.2) is 18.0 Å². The molecule has 4 nitrogen and oxygen atoms in total. The number of aromatic nitrogens is 1. The van der Waals surface area contributed by atoms with Crippen LogP contribution in [0.1, 0.15) is 44.5 Å². The number of benzene rings is 1. The van der Waals surface area contributed by atoms with E-state index in [1.54, 1.807) is 30.6 Å². The highest BCUT2D eigenvalue weighted by Crippen LogP contribution is 2.23. The second-order valence-electron chi connectivity index (χ2n) is 5.05. The monoisotopic (exact) mass is 304 g/mol. The number of rotatable bonds is 4. The Kier molecular flexibility index (Phi) is 4.63. The highest BCUT2D eigenvalue weighted by molar-refractivity contribution is 7.11. The molecule has 0 bridgehead atoms. The van der Waals surface area contributed by atoms with Crippen molar-refractivity contribution in [3.8, 4) is 5.75 Å². The van der Waals surface area contributed by atoms with Gasteiger partial charge in [0, 0.05) is 10.4 Å². The summed E-state index contributed by atoms with van der Waals surface area (Å²) in [6.07, 6.45) is 0. The summed E-state index contributed by atoms with van der Waals surface area (Å²) in [5.74, 6) is 0.599. The summed E-state index contributed by atoms with van der Waals surface area (Å²) >= 11 is 1.65. The Balaban J connectivity index is 2.16. The first-order valence-corrected chi connectivity index (χ1v) is 7.63. The smallest absolute Gasteiger partial charge is 0.251 e. The second kappa shape index (κ2) is 6.26. The molecule has 1 amide bonds. The number of hydrogen-bond acceptors (Lipinski definition) is 4. The maximum Gasteiger partial charge on any atom is 0.251 e. The van der Waals surface area contributed by atoms with Crippen molar-refractivity contribution in [1.82, 2.24) is 10.3 Å². The minimum Gasteiger partial charge on any atom is -0.496 e. The number of carbonyl (C=O) groups excluding carboxylic acids is 1. The highest BCUT2D eigenvalue weighted by atomic mass is 32.1. The van der Waals surface area contributed by atoms with Crippen molar-refractivity contribution in [2.24, 2.45) is 0 Å². The summed E-state index contributed by atoms with van der Waals surface area (Å²) < 4.78 is 5.26. The van der Waals surface area contributed by atoms with Crippen molar-refractivity contribution >= 4 is 17.2 Å². The van der Waals surface area contributed by atoms with Crippen LogP contribution >= 0.6 is 11.3 Å². The Labute approximate surface area is 129 Å². The maximum absolute atomic E-state index is 12.3. The lowest BCUT2D eigenvalue weighted by Gasteiger charge is -2.14. The lowest BCUT2D eigenvalue weighted by molar-refractivity contribution is 0.0939. The van der Waals surface area contributed by atoms with Gasteiger partial charge >= 0.3 is 0 Å². The Morgan fingerprint density at radius 1 is 1.33 bits per heavy atom. The molecular formula is C16H20N2O2S. The van der Waals surface area contributed by atoms with Gasteiger partial charge in [-0.15, -0.1) is 11.3 Å². The minimum absolute atomic E-state index is 0.116. The van der Waals surface area contributed by atoms with Gasteiger partial charge in [0.25, 0.3) is 5.91 Å². The quantitative estimate of drug-likeness (QED) is 0.939. The molecule has 0 aliphatic rings. The van der Waals surface area contributed by atoms with Crippen LogP contribution in [0.15, 0.2) is 18.2 Å². The zero-order valence-electron chi connectivity index (χ0n) is 13.0. The second-order valence-corrected chi connectivity index (χ2v) is 6.46. The molecule has 2 aromatic rings. The molecule has 0 fully saturated rings. The van der Waals surface area contributed by atoms with Gasteiger partial charge in [-0.05, 0) is 45.4 Å². The van der Waals surface area contributed by atoms with Gasteiger partial charge in [0.2, 0.25) is 0 Å². The van der Waals surface area contributed by atoms with Crippen LogP contribution in [0.4, 0.5) is 0 Å². The molecule has 1 aromatic carbocycles. The molecule has 0 aliphatic heterocycles. The van der Waals surface area contributed by atoms with Crippen molar-refractivity contribution in [2.75, 3.05) is 7.11 Å². The van der Waals surface area contributed by atoms with Gasteiger partial charge < -0.3 is 10.1 Å². The molecule has 0 saturated carbocycles. The Morgan fingerprint density at radius 3 is 2.62 bits per heavy atom. The van der Waals surface area contributed by atoms with Crippen LogP contribution in [0.25, 0.3) is 0 Å². The van der Waals surface area contributed by atoms with Gasteiger partial charge in [0.05, 0.1) is 23.9 Å². The molecule has 2 rings (SSSR count). The molecule has 0 unspecified atom stereocenters. The van der Waals surface area contributed by atoms with Crippen LogP contribution in [0.3, 0.4) is 0 Å². The first-order valence-electron chi connectivity index (χ1n) is 6.81. The number of nitrogens with zero attached hydrogens (tertiary/aromatic N) is 1. The van der Waals surface area contributed by atoms with Gasteiger partial charge in [0.1, 0.15) is 5.75 Å². The molecule has 1 N–H and O–H groups in total. The number of ether oxygens (including phenoxy) is 1. The first kappa shape index (κ1) is 15.5. The van der Waals surface area contributed by atoms with Crippen molar-refractivity contribution in [3.63, 3.8) is 0 Å². The fraction of sp³-hybridized carbons (Fsp3) is 0.375. The van der Waals surface area contributed by atoms with E-state index in [1.165, 1.54) is 0 Å². The summed E-state index contributed by atoms with van der Waals surface area (Å²) in [4.78, 5) is 18.0. The van der Waals surface area contributed by atoms with E-state index in [0.717, 1.165) is 26.9 Å². The Bertz CT molecular complexity index is 664. The summed E-state index contributed by atoms with van der Waals surface area (Å²) in [6, 6.07) is 5.33. The summed E-state index contributed by atoms with van der Waals surface area (Å²) in [5, 5.41) is 4.00. The molecule has 0 radical (unpaired) electrons. The van der Waals surface area contributed by atoms with Gasteiger partial charge in [-0.1, -0.05) is 6.07 Å². The maximum atomic E-state index is 12.3. The van der Waals surface area contributed by atoms with Crippen LogP contribution in [0.5, 0.6) is 5.75 Å². The molecule has 1 atom stereocenters. The van der Waals surface area contributed by atoms with E-state index in [1.807, 2.05) is 33.8 Å². The number of nitrogens with one attached hydrogen (secondary N) is 1. The van der Waals surface area contributed by atoms with Gasteiger partial charge in [0.15, 0.2) is 0 Å². The van der Waals surface area contributed by atoms with Gasteiger partial charge in [-0.25, -0.2) is 4.98 Å². The number of methoxy groups -OCH3 is 1. The normalized spacial score (nSPS) is 12.0. The van der Waals surface area contributed by atoms with Crippen LogP contribution in [0.2, 0.25) is 0 Å². The average molecular weight is 304 g/mol. The van der Waals surface area contributed by atoms with Crippen molar-refractivity contribution in [1.29, 1.82) is 0 Å². The molecule has 0 spiro atoms. The zero-order valence-corrected chi connectivity index (χ0v) is 13.8. The lowest BCUT2D eigenvalue weighted by Crippen LogP contribution is -2.27. The molecule has 112 valence electrons. The first-order chi connectivity index (χ1) is 9.92. The summed E-state index contributed by atoms with van der Waals surface area (Å²) in [7, 11) is 1.61. The largest absolute Gasteiger partial charge is 0.496 e. The highest BCUT2D eigenvalue weighted by Gasteiger charge is 2.17. The molecule has 0 aliphatic carbocycles. The predicted octanol–water partition coefficient (Wildman–Crippen LogP) is 3.57. The third-order valence-corrected chi connectivity index (χ3v) is 4.27. The summed E-state index contributed by atoms with van der Waals surface area (Å²) in [5.41, 5.74) is 2.53. The zero-order chi connectivity index (χ0) is 15.6. The van der Waals surface area contributed by atoms with E-state index in [-0.39, 0.29) is 11.9 Å². The number of aryl methyl sites for hydroxylation is 3. The van der Waals surface area contributed by atoms with Crippen molar-refractivity contribution in [3.05, 3.63) is 44.9 Å². The van der Waals surface area contributed by atoms with Crippen LogP contribution < -0.4 is 10.1 Å². The SMILES string of the molecule is COc1cc(C(=O)N[C@H](C)c2nc(C)sc2C)ccc1C. The van der Waals surface area contributed by atoms with Crippen molar-refractivity contribution in [2.45, 2.75) is 33.7 Å². The summed E-state index contributed by atoms with van der Waals surface area (Å²) in [6.45, 7) is 7.90.